The molecule has 8 heteroatoms. The number of aliphatic imine (C=N–C) groups is 1. The Labute approximate surface area is 143 Å². The van der Waals surface area contributed by atoms with E-state index in [-0.39, 0.29) is 0 Å². The number of hydrogen-bond acceptors (Lipinski definition) is 3. The van der Waals surface area contributed by atoms with E-state index in [1.54, 1.807) is 4.68 Å². The van der Waals surface area contributed by atoms with Gasteiger partial charge in [0, 0.05) is 23.1 Å². The fourth-order valence-electron chi connectivity index (χ4n) is 1.80. The first-order chi connectivity index (χ1) is 10.6. The Bertz CT molecular complexity index is 655. The van der Waals surface area contributed by atoms with E-state index in [1.165, 1.54) is 6.33 Å². The first-order valence-corrected chi connectivity index (χ1v) is 8.06. The van der Waals surface area contributed by atoms with Crippen molar-refractivity contribution in [3.8, 4) is 0 Å². The third-order valence-electron chi connectivity index (χ3n) is 2.99. The van der Waals surface area contributed by atoms with Crippen molar-refractivity contribution in [2.24, 2.45) is 12.0 Å². The minimum absolute atomic E-state index is 0.500. The van der Waals surface area contributed by atoms with Crippen LogP contribution in [-0.4, -0.2) is 27.3 Å². The van der Waals surface area contributed by atoms with E-state index >= 15 is 0 Å². The van der Waals surface area contributed by atoms with Crippen LogP contribution in [0.25, 0.3) is 0 Å². The normalized spacial score (nSPS) is 11.5. The lowest BCUT2D eigenvalue weighted by Crippen LogP contribution is -2.37. The van der Waals surface area contributed by atoms with Crippen molar-refractivity contribution in [3.05, 3.63) is 45.4 Å². The molecule has 0 aliphatic carbocycles. The van der Waals surface area contributed by atoms with Gasteiger partial charge in [0.25, 0.3) is 0 Å². The zero-order valence-corrected chi connectivity index (χ0v) is 14.8. The second-order valence-electron chi connectivity index (χ2n) is 4.58. The molecule has 1 aromatic carbocycles. The summed E-state index contributed by atoms with van der Waals surface area (Å²) in [4.78, 5) is 8.71. The molecule has 0 aliphatic heterocycles. The quantitative estimate of drug-likeness (QED) is 0.613. The molecule has 0 spiro atoms. The molecule has 0 bridgehead atoms. The van der Waals surface area contributed by atoms with Gasteiger partial charge in [0.05, 0.1) is 13.1 Å². The van der Waals surface area contributed by atoms with Gasteiger partial charge in [-0.1, -0.05) is 33.6 Å². The smallest absolute Gasteiger partial charge is 0.191 e. The Kier molecular flexibility index (Phi) is 6.21. The minimum atomic E-state index is 0.500. The Morgan fingerprint density at radius 1 is 1.41 bits per heavy atom. The molecule has 2 N–H and O–H groups in total. The molecule has 0 radical (unpaired) electrons. The predicted octanol–water partition coefficient (Wildman–Crippen LogP) is 2.49. The summed E-state index contributed by atoms with van der Waals surface area (Å²) in [6.07, 6.45) is 1.53. The summed E-state index contributed by atoms with van der Waals surface area (Å²) in [5.74, 6) is 1.55. The van der Waals surface area contributed by atoms with E-state index in [0.29, 0.717) is 24.1 Å². The van der Waals surface area contributed by atoms with E-state index in [9.17, 15) is 0 Å². The van der Waals surface area contributed by atoms with Crippen LogP contribution in [0, 0.1) is 0 Å². The summed E-state index contributed by atoms with van der Waals surface area (Å²) in [6.45, 7) is 3.85. The standard InChI is InChI=1S/C14H18BrClN6/c1-3-17-14(19-8-13-20-9-21-22(13)2)18-7-10-4-5-11(15)6-12(10)16/h4-6,9H,3,7-8H2,1-2H3,(H2,17,18,19). The Morgan fingerprint density at radius 3 is 2.86 bits per heavy atom. The van der Waals surface area contributed by atoms with Gasteiger partial charge in [-0.05, 0) is 24.6 Å². The summed E-state index contributed by atoms with van der Waals surface area (Å²) < 4.78 is 2.68. The number of aromatic nitrogens is 3. The molecule has 2 aromatic rings. The number of nitrogens with zero attached hydrogens (tertiary/aromatic N) is 4. The highest BCUT2D eigenvalue weighted by Gasteiger charge is 2.04. The SMILES string of the molecule is CCNC(=NCc1ccc(Br)cc1Cl)NCc1ncnn1C. The number of rotatable bonds is 5. The molecule has 1 aromatic heterocycles. The van der Waals surface area contributed by atoms with Crippen molar-refractivity contribution in [1.29, 1.82) is 0 Å². The number of benzene rings is 1. The van der Waals surface area contributed by atoms with Gasteiger partial charge >= 0.3 is 0 Å². The van der Waals surface area contributed by atoms with E-state index in [0.717, 1.165) is 22.4 Å². The molecule has 0 amide bonds. The van der Waals surface area contributed by atoms with Crippen LogP contribution in [0.3, 0.4) is 0 Å². The fourth-order valence-corrected chi connectivity index (χ4v) is 2.53. The molecule has 6 nitrogen and oxygen atoms in total. The third kappa shape index (κ3) is 4.71. The number of guanidine groups is 1. The molecular formula is C14H18BrClN6. The number of halogens is 2. The van der Waals surface area contributed by atoms with Crippen LogP contribution in [0.2, 0.25) is 5.02 Å². The summed E-state index contributed by atoms with van der Waals surface area (Å²) in [5, 5.41) is 11.2. The maximum Gasteiger partial charge on any atom is 0.191 e. The second kappa shape index (κ2) is 8.14. The van der Waals surface area contributed by atoms with Crippen LogP contribution < -0.4 is 10.6 Å². The van der Waals surface area contributed by atoms with Gasteiger partial charge in [0.1, 0.15) is 12.2 Å². The van der Waals surface area contributed by atoms with Gasteiger partial charge in [-0.25, -0.2) is 9.98 Å². The summed E-state index contributed by atoms with van der Waals surface area (Å²) >= 11 is 9.60. The lowest BCUT2D eigenvalue weighted by molar-refractivity contribution is 0.673. The molecule has 0 aliphatic rings. The lowest BCUT2D eigenvalue weighted by atomic mass is 10.2. The Morgan fingerprint density at radius 2 is 2.23 bits per heavy atom. The second-order valence-corrected chi connectivity index (χ2v) is 5.91. The highest BCUT2D eigenvalue weighted by molar-refractivity contribution is 9.10. The van der Waals surface area contributed by atoms with Crippen LogP contribution in [0.1, 0.15) is 18.3 Å². The van der Waals surface area contributed by atoms with E-state index in [4.69, 9.17) is 11.6 Å². The van der Waals surface area contributed by atoms with Crippen LogP contribution in [-0.2, 0) is 20.1 Å². The fraction of sp³-hybridized carbons (Fsp3) is 0.357. The monoisotopic (exact) mass is 384 g/mol. The Hall–Kier alpha value is -1.60. The average Bonchev–Trinajstić information content (AvgIpc) is 2.89. The molecule has 2 rings (SSSR count). The lowest BCUT2D eigenvalue weighted by Gasteiger charge is -2.11. The third-order valence-corrected chi connectivity index (χ3v) is 3.83. The van der Waals surface area contributed by atoms with Crippen LogP contribution in [0.15, 0.2) is 34.0 Å². The number of hydrogen-bond donors (Lipinski definition) is 2. The van der Waals surface area contributed by atoms with Gasteiger partial charge in [0.15, 0.2) is 5.96 Å². The van der Waals surface area contributed by atoms with Crippen LogP contribution in [0.5, 0.6) is 0 Å². The van der Waals surface area contributed by atoms with Crippen molar-refractivity contribution in [2.75, 3.05) is 6.54 Å². The highest BCUT2D eigenvalue weighted by Crippen LogP contribution is 2.21. The van der Waals surface area contributed by atoms with E-state index in [1.807, 2.05) is 32.2 Å². The van der Waals surface area contributed by atoms with Gasteiger partial charge < -0.3 is 10.6 Å². The first-order valence-electron chi connectivity index (χ1n) is 6.89. The molecule has 22 heavy (non-hydrogen) atoms. The maximum atomic E-state index is 6.21. The summed E-state index contributed by atoms with van der Waals surface area (Å²) in [6, 6.07) is 5.78. The van der Waals surface area contributed by atoms with Crippen molar-refractivity contribution in [3.63, 3.8) is 0 Å². The van der Waals surface area contributed by atoms with E-state index in [2.05, 4.69) is 41.6 Å². The summed E-state index contributed by atoms with van der Waals surface area (Å²) in [7, 11) is 1.86. The number of nitrogens with one attached hydrogen (secondary N) is 2. The number of aryl methyl sites for hydroxylation is 1. The molecule has 0 atom stereocenters. The largest absolute Gasteiger partial charge is 0.357 e. The average molecular weight is 386 g/mol. The zero-order chi connectivity index (χ0) is 15.9. The predicted molar refractivity (Wildman–Crippen MR) is 91.8 cm³/mol. The summed E-state index contributed by atoms with van der Waals surface area (Å²) in [5.41, 5.74) is 0.973. The van der Waals surface area contributed by atoms with Gasteiger partial charge in [0.2, 0.25) is 0 Å². The first kappa shape index (κ1) is 16.8. The van der Waals surface area contributed by atoms with Crippen molar-refractivity contribution in [1.82, 2.24) is 25.4 Å². The van der Waals surface area contributed by atoms with Crippen molar-refractivity contribution in [2.45, 2.75) is 20.0 Å². The van der Waals surface area contributed by atoms with Crippen molar-refractivity contribution < 1.29 is 0 Å². The van der Waals surface area contributed by atoms with Crippen LogP contribution in [0.4, 0.5) is 0 Å². The van der Waals surface area contributed by atoms with Crippen molar-refractivity contribution >= 4 is 33.5 Å². The molecule has 118 valence electrons. The van der Waals surface area contributed by atoms with Gasteiger partial charge in [-0.2, -0.15) is 5.10 Å². The van der Waals surface area contributed by atoms with Gasteiger partial charge in [-0.15, -0.1) is 0 Å². The topological polar surface area (TPSA) is 67.1 Å². The molecule has 1 heterocycles. The molecular weight excluding hydrogens is 368 g/mol. The van der Waals surface area contributed by atoms with Gasteiger partial charge in [-0.3, -0.25) is 4.68 Å². The minimum Gasteiger partial charge on any atom is -0.357 e. The Balaban J connectivity index is 2.01. The highest BCUT2D eigenvalue weighted by atomic mass is 79.9. The zero-order valence-electron chi connectivity index (χ0n) is 12.5. The molecule has 0 saturated heterocycles. The molecule has 0 saturated carbocycles. The molecule has 0 unspecified atom stereocenters. The molecule has 0 fully saturated rings. The maximum absolute atomic E-state index is 6.21. The van der Waals surface area contributed by atoms with Crippen LogP contribution >= 0.6 is 27.5 Å². The van der Waals surface area contributed by atoms with E-state index < -0.39 is 0 Å².